The zero-order valence-corrected chi connectivity index (χ0v) is 12.7. The summed E-state index contributed by atoms with van der Waals surface area (Å²) in [5, 5.41) is 0.749. The van der Waals surface area contributed by atoms with E-state index in [-0.39, 0.29) is 0 Å². The Hall–Kier alpha value is -1.25. The van der Waals surface area contributed by atoms with Gasteiger partial charge < -0.3 is 0 Å². The number of hydrogen-bond acceptors (Lipinski definition) is 2. The molecule has 0 spiro atoms. The van der Waals surface area contributed by atoms with E-state index >= 15 is 0 Å². The lowest BCUT2D eigenvalue weighted by Crippen LogP contribution is -1.91. The summed E-state index contributed by atoms with van der Waals surface area (Å²) in [4.78, 5) is 5.73. The van der Waals surface area contributed by atoms with Crippen molar-refractivity contribution in [2.75, 3.05) is 5.75 Å². The monoisotopic (exact) mass is 289 g/mol. The van der Waals surface area contributed by atoms with Gasteiger partial charge in [-0.1, -0.05) is 37.2 Å². The van der Waals surface area contributed by atoms with Crippen molar-refractivity contribution < 1.29 is 0 Å². The van der Waals surface area contributed by atoms with Crippen molar-refractivity contribution in [2.24, 2.45) is 0 Å². The standard InChI is InChI=1S/C16H16ClNS/c1-4-19-15-9-13(10-18-16(15)11(2)3)12-5-7-14(17)8-6-12/h5-10H,2,4H2,1,3H3. The third-order valence-corrected chi connectivity index (χ3v) is 3.90. The molecule has 1 aromatic heterocycles. The number of allylic oxidation sites excluding steroid dienone is 1. The molecule has 0 amide bonds. The predicted molar refractivity (Wildman–Crippen MR) is 85.8 cm³/mol. The van der Waals surface area contributed by atoms with E-state index in [4.69, 9.17) is 11.6 Å². The molecule has 0 unspecified atom stereocenters. The molecule has 0 aliphatic rings. The molecule has 98 valence electrons. The maximum atomic E-state index is 5.92. The third kappa shape index (κ3) is 3.40. The molecule has 1 heterocycles. The van der Waals surface area contributed by atoms with Crippen LogP contribution in [0.5, 0.6) is 0 Å². The Kier molecular flexibility index (Phi) is 4.67. The first-order valence-corrected chi connectivity index (χ1v) is 7.53. The van der Waals surface area contributed by atoms with E-state index in [1.165, 1.54) is 4.90 Å². The molecule has 0 atom stereocenters. The van der Waals surface area contributed by atoms with E-state index < -0.39 is 0 Å². The summed E-state index contributed by atoms with van der Waals surface area (Å²) in [5.74, 6) is 1.02. The average Bonchev–Trinajstić information content (AvgIpc) is 2.39. The highest BCUT2D eigenvalue weighted by atomic mass is 35.5. The number of nitrogens with zero attached hydrogens (tertiary/aromatic N) is 1. The zero-order valence-electron chi connectivity index (χ0n) is 11.1. The molecule has 2 aromatic rings. The van der Waals surface area contributed by atoms with Crippen LogP contribution in [0, 0.1) is 0 Å². The number of hydrogen-bond donors (Lipinski definition) is 0. The fourth-order valence-electron chi connectivity index (χ4n) is 1.83. The molecule has 0 saturated heterocycles. The molecule has 3 heteroatoms. The maximum absolute atomic E-state index is 5.92. The van der Waals surface area contributed by atoms with E-state index in [0.29, 0.717) is 0 Å². The zero-order chi connectivity index (χ0) is 13.8. The average molecular weight is 290 g/mol. The highest BCUT2D eigenvalue weighted by molar-refractivity contribution is 7.99. The molecule has 1 aromatic carbocycles. The van der Waals surface area contributed by atoms with Gasteiger partial charge in [0.25, 0.3) is 0 Å². The van der Waals surface area contributed by atoms with Gasteiger partial charge >= 0.3 is 0 Å². The van der Waals surface area contributed by atoms with Gasteiger partial charge in [0.2, 0.25) is 0 Å². The number of rotatable bonds is 4. The van der Waals surface area contributed by atoms with Gasteiger partial charge in [-0.25, -0.2) is 0 Å². The Labute approximate surface area is 123 Å². The van der Waals surface area contributed by atoms with Crippen molar-refractivity contribution in [1.82, 2.24) is 4.98 Å². The quantitative estimate of drug-likeness (QED) is 0.685. The molecule has 0 bridgehead atoms. The summed E-state index contributed by atoms with van der Waals surface area (Å²) in [6.45, 7) is 8.12. The van der Waals surface area contributed by atoms with Crippen molar-refractivity contribution in [2.45, 2.75) is 18.7 Å². The second-order valence-electron chi connectivity index (χ2n) is 4.29. The van der Waals surface area contributed by atoms with Gasteiger partial charge in [0.05, 0.1) is 5.69 Å². The Morgan fingerprint density at radius 2 is 1.95 bits per heavy atom. The minimum absolute atomic E-state index is 0.749. The number of pyridine rings is 1. The molecule has 0 saturated carbocycles. The van der Waals surface area contributed by atoms with Crippen LogP contribution in [0.1, 0.15) is 19.5 Å². The minimum atomic E-state index is 0.749. The lowest BCUT2D eigenvalue weighted by Gasteiger charge is -2.10. The molecule has 0 N–H and O–H groups in total. The second-order valence-corrected chi connectivity index (χ2v) is 6.03. The second kappa shape index (κ2) is 6.27. The molecular formula is C16H16ClNS. The van der Waals surface area contributed by atoms with E-state index in [1.54, 1.807) is 11.8 Å². The first-order chi connectivity index (χ1) is 9.11. The summed E-state index contributed by atoms with van der Waals surface area (Å²) in [7, 11) is 0. The summed E-state index contributed by atoms with van der Waals surface area (Å²) in [6.07, 6.45) is 1.90. The topological polar surface area (TPSA) is 12.9 Å². The van der Waals surface area contributed by atoms with Gasteiger partial charge in [-0.15, -0.1) is 11.8 Å². The minimum Gasteiger partial charge on any atom is -0.255 e. The highest BCUT2D eigenvalue weighted by Crippen LogP contribution is 2.30. The number of aromatic nitrogens is 1. The Bertz CT molecular complexity index is 590. The number of thioether (sulfide) groups is 1. The van der Waals surface area contributed by atoms with Crippen LogP contribution < -0.4 is 0 Å². The van der Waals surface area contributed by atoms with Gasteiger partial charge in [-0.3, -0.25) is 4.98 Å². The molecular weight excluding hydrogens is 274 g/mol. The Morgan fingerprint density at radius 1 is 1.26 bits per heavy atom. The molecule has 0 aliphatic heterocycles. The molecule has 0 aliphatic carbocycles. The fourth-order valence-corrected chi connectivity index (χ4v) is 2.84. The van der Waals surface area contributed by atoms with Gasteiger partial charge in [-0.2, -0.15) is 0 Å². The normalized spacial score (nSPS) is 10.5. The smallest absolute Gasteiger partial charge is 0.0789 e. The molecule has 1 nitrogen and oxygen atoms in total. The van der Waals surface area contributed by atoms with Gasteiger partial charge in [0.15, 0.2) is 0 Å². The van der Waals surface area contributed by atoms with Crippen LogP contribution in [0.15, 0.2) is 48.0 Å². The van der Waals surface area contributed by atoms with Crippen molar-refractivity contribution in [1.29, 1.82) is 0 Å². The van der Waals surface area contributed by atoms with Crippen molar-refractivity contribution in [3.8, 4) is 11.1 Å². The fraction of sp³-hybridized carbons (Fsp3) is 0.188. The summed E-state index contributed by atoms with van der Waals surface area (Å²) < 4.78 is 0. The SMILES string of the molecule is C=C(C)c1ncc(-c2ccc(Cl)cc2)cc1SCC. The lowest BCUT2D eigenvalue weighted by atomic mass is 10.1. The number of halogens is 1. The first-order valence-electron chi connectivity index (χ1n) is 6.16. The van der Waals surface area contributed by atoms with Crippen LogP contribution >= 0.6 is 23.4 Å². The van der Waals surface area contributed by atoms with Crippen LogP contribution in [-0.4, -0.2) is 10.7 Å². The lowest BCUT2D eigenvalue weighted by molar-refractivity contribution is 1.18. The van der Waals surface area contributed by atoms with E-state index in [2.05, 4.69) is 24.6 Å². The van der Waals surface area contributed by atoms with Crippen LogP contribution in [0.2, 0.25) is 5.02 Å². The van der Waals surface area contributed by atoms with Crippen molar-refractivity contribution in [3.05, 3.63) is 53.8 Å². The molecule has 19 heavy (non-hydrogen) atoms. The Morgan fingerprint density at radius 3 is 2.53 bits per heavy atom. The van der Waals surface area contributed by atoms with Crippen molar-refractivity contribution >= 4 is 28.9 Å². The molecule has 0 radical (unpaired) electrons. The summed E-state index contributed by atoms with van der Waals surface area (Å²) in [6, 6.07) is 10.0. The van der Waals surface area contributed by atoms with Crippen LogP contribution in [0.4, 0.5) is 0 Å². The maximum Gasteiger partial charge on any atom is 0.0789 e. The first kappa shape index (κ1) is 14.2. The molecule has 2 rings (SSSR count). The van der Waals surface area contributed by atoms with Crippen LogP contribution in [0.3, 0.4) is 0 Å². The number of benzene rings is 1. The van der Waals surface area contributed by atoms with E-state index in [1.807, 2.05) is 37.4 Å². The van der Waals surface area contributed by atoms with E-state index in [9.17, 15) is 0 Å². The van der Waals surface area contributed by atoms with Gasteiger partial charge in [0.1, 0.15) is 0 Å². The van der Waals surface area contributed by atoms with Crippen LogP contribution in [0.25, 0.3) is 16.7 Å². The van der Waals surface area contributed by atoms with Gasteiger partial charge in [-0.05, 0) is 42.0 Å². The highest BCUT2D eigenvalue weighted by Gasteiger charge is 2.08. The summed E-state index contributed by atoms with van der Waals surface area (Å²) >= 11 is 7.71. The summed E-state index contributed by atoms with van der Waals surface area (Å²) in [5.41, 5.74) is 4.23. The van der Waals surface area contributed by atoms with E-state index in [0.717, 1.165) is 33.2 Å². The van der Waals surface area contributed by atoms with Crippen molar-refractivity contribution in [3.63, 3.8) is 0 Å². The third-order valence-electron chi connectivity index (χ3n) is 2.73. The van der Waals surface area contributed by atoms with Crippen LogP contribution in [-0.2, 0) is 0 Å². The largest absolute Gasteiger partial charge is 0.255 e. The molecule has 0 fully saturated rings. The predicted octanol–water partition coefficient (Wildman–Crippen LogP) is 5.55. The van der Waals surface area contributed by atoms with Gasteiger partial charge in [0, 0.05) is 21.7 Å². The Balaban J connectivity index is 2.45.